The van der Waals surface area contributed by atoms with E-state index in [-0.39, 0.29) is 13.5 Å². The van der Waals surface area contributed by atoms with Crippen molar-refractivity contribution in [2.45, 2.75) is 12.8 Å². The summed E-state index contributed by atoms with van der Waals surface area (Å²) in [6.45, 7) is 0. The lowest BCUT2D eigenvalue weighted by Crippen LogP contribution is -1.71. The van der Waals surface area contributed by atoms with Crippen LogP contribution < -0.4 is 0 Å². The summed E-state index contributed by atoms with van der Waals surface area (Å²) in [7, 11) is 0. The van der Waals surface area contributed by atoms with Gasteiger partial charge in [-0.1, -0.05) is 12.2 Å². The minimum absolute atomic E-state index is 0. The van der Waals surface area contributed by atoms with E-state index in [1.54, 1.807) is 0 Å². The predicted molar refractivity (Wildman–Crippen MR) is 28.8 cm³/mol. The Bertz CT molecular complexity index is 32.9. The summed E-state index contributed by atoms with van der Waals surface area (Å²) in [5, 5.41) is 0. The van der Waals surface area contributed by atoms with Crippen LogP contribution >= 0.6 is 13.5 Å². The Morgan fingerprint density at radius 3 is 1.20 bits per heavy atom. The fraction of sp³-hybridized carbons (Fsp3) is 0.500. The SMILES string of the molecule is C1=CCC1.S. The van der Waals surface area contributed by atoms with Crippen LogP contribution in [0.15, 0.2) is 12.2 Å². The molecule has 0 saturated heterocycles. The molecule has 0 fully saturated rings. The summed E-state index contributed by atoms with van der Waals surface area (Å²) in [5.74, 6) is 0. The van der Waals surface area contributed by atoms with E-state index in [1.807, 2.05) is 0 Å². The Balaban J connectivity index is 0.000000160. The predicted octanol–water partition coefficient (Wildman–Crippen LogP) is 1.45. The van der Waals surface area contributed by atoms with Crippen molar-refractivity contribution < 1.29 is 0 Å². The first-order valence-electron chi connectivity index (χ1n) is 1.65. The van der Waals surface area contributed by atoms with Crippen LogP contribution in [0.3, 0.4) is 0 Å². The molecule has 0 amide bonds. The molecular formula is C4H8S. The smallest absolute Gasteiger partial charge is 0.0316 e. The number of hydrogen-bond donors (Lipinski definition) is 0. The maximum atomic E-state index is 2.18. The third-order valence-corrected chi connectivity index (χ3v) is 0.667. The average Bonchev–Trinajstić information content (AvgIpc) is 0.722. The molecule has 0 heterocycles. The molecule has 0 bridgehead atoms. The van der Waals surface area contributed by atoms with Crippen LogP contribution in [0.5, 0.6) is 0 Å². The van der Waals surface area contributed by atoms with Crippen molar-refractivity contribution in [1.82, 2.24) is 0 Å². The van der Waals surface area contributed by atoms with E-state index in [9.17, 15) is 0 Å². The highest BCUT2D eigenvalue weighted by molar-refractivity contribution is 7.59. The van der Waals surface area contributed by atoms with Crippen LogP contribution in [0.1, 0.15) is 12.8 Å². The summed E-state index contributed by atoms with van der Waals surface area (Å²) in [6, 6.07) is 0. The van der Waals surface area contributed by atoms with Crippen molar-refractivity contribution in [3.8, 4) is 0 Å². The molecule has 0 unspecified atom stereocenters. The van der Waals surface area contributed by atoms with Gasteiger partial charge in [-0.15, -0.1) is 0 Å². The molecule has 30 valence electrons. The Hall–Kier alpha value is 0.0900. The minimum Gasteiger partial charge on any atom is -0.197 e. The Kier molecular flexibility index (Phi) is 2.38. The van der Waals surface area contributed by atoms with E-state index in [2.05, 4.69) is 12.2 Å². The lowest BCUT2D eigenvalue weighted by Gasteiger charge is -1.92. The quantitative estimate of drug-likeness (QED) is 0.393. The number of hydrogen-bond acceptors (Lipinski definition) is 0. The highest BCUT2D eigenvalue weighted by atomic mass is 32.1. The van der Waals surface area contributed by atoms with Crippen molar-refractivity contribution in [3.05, 3.63) is 12.2 Å². The molecule has 0 saturated carbocycles. The van der Waals surface area contributed by atoms with Gasteiger partial charge in [-0.25, -0.2) is 0 Å². The molecule has 1 aliphatic carbocycles. The number of rotatable bonds is 0. The first-order valence-corrected chi connectivity index (χ1v) is 1.65. The van der Waals surface area contributed by atoms with Gasteiger partial charge in [0.15, 0.2) is 0 Å². The minimum atomic E-state index is 0. The topological polar surface area (TPSA) is 0 Å². The summed E-state index contributed by atoms with van der Waals surface area (Å²) in [6.07, 6.45) is 7.00. The maximum Gasteiger partial charge on any atom is -0.0316 e. The standard InChI is InChI=1S/C4H6.H2S/c1-2-4-3-1;/h1-2H,3-4H2;1H2. The van der Waals surface area contributed by atoms with Crippen LogP contribution in [0, 0.1) is 0 Å². The van der Waals surface area contributed by atoms with Gasteiger partial charge >= 0.3 is 0 Å². The van der Waals surface area contributed by atoms with Gasteiger partial charge in [0.2, 0.25) is 0 Å². The van der Waals surface area contributed by atoms with Crippen molar-refractivity contribution in [2.75, 3.05) is 0 Å². The summed E-state index contributed by atoms with van der Waals surface area (Å²) in [4.78, 5) is 0. The second kappa shape index (κ2) is 2.33. The molecule has 0 N–H and O–H groups in total. The summed E-state index contributed by atoms with van der Waals surface area (Å²) >= 11 is 0. The highest BCUT2D eigenvalue weighted by Crippen LogP contribution is 2.01. The molecule has 1 rings (SSSR count). The largest absolute Gasteiger partial charge is 0.197 e. The molecule has 1 heteroatoms. The molecule has 0 spiro atoms. The molecule has 1 aliphatic rings. The third-order valence-electron chi connectivity index (χ3n) is 0.667. The van der Waals surface area contributed by atoms with Crippen molar-refractivity contribution in [3.63, 3.8) is 0 Å². The monoisotopic (exact) mass is 88.0 g/mol. The first-order chi connectivity index (χ1) is 2.00. The van der Waals surface area contributed by atoms with E-state index in [4.69, 9.17) is 0 Å². The molecule has 0 aromatic carbocycles. The van der Waals surface area contributed by atoms with Gasteiger partial charge in [-0.05, 0) is 12.8 Å². The molecule has 5 heavy (non-hydrogen) atoms. The zero-order chi connectivity index (χ0) is 2.83. The Morgan fingerprint density at radius 1 is 1.00 bits per heavy atom. The fourth-order valence-electron chi connectivity index (χ4n) is 0.167. The third kappa shape index (κ3) is 1.07. The second-order valence-electron chi connectivity index (χ2n) is 1.05. The zero-order valence-electron chi connectivity index (χ0n) is 3.07. The van der Waals surface area contributed by atoms with Gasteiger partial charge < -0.3 is 0 Å². The molecule has 0 atom stereocenters. The average molecular weight is 88.2 g/mol. The maximum absolute atomic E-state index is 2.18. The van der Waals surface area contributed by atoms with E-state index < -0.39 is 0 Å². The highest BCUT2D eigenvalue weighted by Gasteiger charge is 1.81. The van der Waals surface area contributed by atoms with Crippen LogP contribution in [-0.4, -0.2) is 0 Å². The number of allylic oxidation sites excluding steroid dienone is 2. The molecule has 0 aromatic heterocycles. The Morgan fingerprint density at radius 2 is 1.20 bits per heavy atom. The van der Waals surface area contributed by atoms with Gasteiger partial charge in [-0.2, -0.15) is 13.5 Å². The fourth-order valence-corrected chi connectivity index (χ4v) is 0.167. The summed E-state index contributed by atoms with van der Waals surface area (Å²) < 4.78 is 0. The van der Waals surface area contributed by atoms with Crippen LogP contribution in [-0.2, 0) is 0 Å². The molecule has 0 aliphatic heterocycles. The van der Waals surface area contributed by atoms with Gasteiger partial charge in [0.1, 0.15) is 0 Å². The zero-order valence-corrected chi connectivity index (χ0v) is 4.07. The van der Waals surface area contributed by atoms with Gasteiger partial charge in [0, 0.05) is 0 Å². The Labute approximate surface area is 39.3 Å². The van der Waals surface area contributed by atoms with Crippen LogP contribution in [0.2, 0.25) is 0 Å². The van der Waals surface area contributed by atoms with Gasteiger partial charge in [0.05, 0.1) is 0 Å². The molecule has 0 aromatic rings. The summed E-state index contributed by atoms with van der Waals surface area (Å²) in [5.41, 5.74) is 0. The van der Waals surface area contributed by atoms with Gasteiger partial charge in [-0.3, -0.25) is 0 Å². The van der Waals surface area contributed by atoms with Gasteiger partial charge in [0.25, 0.3) is 0 Å². The van der Waals surface area contributed by atoms with E-state index in [0.29, 0.717) is 0 Å². The normalized spacial score (nSPS) is 16.0. The molecule has 0 radical (unpaired) electrons. The van der Waals surface area contributed by atoms with Crippen molar-refractivity contribution >= 4 is 13.5 Å². The first kappa shape index (κ1) is 5.09. The molecular weight excluding hydrogens is 80.1 g/mol. The van der Waals surface area contributed by atoms with Crippen LogP contribution in [0.4, 0.5) is 0 Å². The lowest BCUT2D eigenvalue weighted by atomic mass is 10.1. The van der Waals surface area contributed by atoms with E-state index in [0.717, 1.165) is 0 Å². The van der Waals surface area contributed by atoms with E-state index in [1.165, 1.54) is 12.8 Å². The second-order valence-corrected chi connectivity index (χ2v) is 1.05. The lowest BCUT2D eigenvalue weighted by molar-refractivity contribution is 0.962. The molecule has 0 nitrogen and oxygen atoms in total. The van der Waals surface area contributed by atoms with E-state index >= 15 is 0 Å². The van der Waals surface area contributed by atoms with Crippen LogP contribution in [0.25, 0.3) is 0 Å². The van der Waals surface area contributed by atoms with Crippen molar-refractivity contribution in [1.29, 1.82) is 0 Å². The van der Waals surface area contributed by atoms with Crippen molar-refractivity contribution in [2.24, 2.45) is 0 Å².